The Hall–Kier alpha value is -3.39. The summed E-state index contributed by atoms with van der Waals surface area (Å²) in [6, 6.07) is 10.9. The maximum atomic E-state index is 6.33. The molecule has 8 nitrogen and oxygen atoms in total. The highest BCUT2D eigenvalue weighted by molar-refractivity contribution is 6.32. The lowest BCUT2D eigenvalue weighted by Crippen LogP contribution is -2.05. The number of ether oxygens (including phenoxy) is 1. The van der Waals surface area contributed by atoms with Gasteiger partial charge in [-0.15, -0.1) is 0 Å². The monoisotopic (exact) mass is 384 g/mol. The molecule has 0 saturated carbocycles. The van der Waals surface area contributed by atoms with Crippen molar-refractivity contribution < 1.29 is 9.57 Å². The van der Waals surface area contributed by atoms with Crippen molar-refractivity contribution >= 4 is 35.1 Å². The summed E-state index contributed by atoms with van der Waals surface area (Å²) in [5, 5.41) is 7.30. The molecule has 27 heavy (non-hydrogen) atoms. The number of nitrogen functional groups attached to an aromatic ring is 1. The van der Waals surface area contributed by atoms with Gasteiger partial charge in [-0.1, -0.05) is 22.8 Å². The van der Waals surface area contributed by atoms with E-state index in [0.29, 0.717) is 34.4 Å². The zero-order valence-corrected chi connectivity index (χ0v) is 15.2. The third kappa shape index (κ3) is 4.83. The fourth-order valence-electron chi connectivity index (χ4n) is 2.21. The summed E-state index contributed by atoms with van der Waals surface area (Å²) in [5.74, 6) is 1.30. The number of nitrogens with two attached hydrogens (primary N) is 1. The third-order valence-electron chi connectivity index (χ3n) is 3.50. The second-order valence-corrected chi connectivity index (χ2v) is 5.73. The highest BCUT2D eigenvalue weighted by atomic mass is 35.5. The molecule has 2 aromatic heterocycles. The number of aromatic nitrogens is 3. The zero-order valence-electron chi connectivity index (χ0n) is 14.5. The van der Waals surface area contributed by atoms with Gasteiger partial charge in [-0.25, -0.2) is 9.97 Å². The maximum Gasteiger partial charge on any atom is 0.144 e. The van der Waals surface area contributed by atoms with Crippen LogP contribution in [-0.2, 0) is 11.4 Å². The Morgan fingerprint density at radius 3 is 2.85 bits per heavy atom. The van der Waals surface area contributed by atoms with Crippen molar-refractivity contribution in [2.45, 2.75) is 6.61 Å². The van der Waals surface area contributed by atoms with Gasteiger partial charge in [-0.2, -0.15) is 0 Å². The normalized spacial score (nSPS) is 10.7. The number of anilines is 3. The van der Waals surface area contributed by atoms with E-state index in [-0.39, 0.29) is 5.82 Å². The van der Waals surface area contributed by atoms with E-state index in [2.05, 4.69) is 25.4 Å². The van der Waals surface area contributed by atoms with Gasteiger partial charge in [0.2, 0.25) is 0 Å². The lowest BCUT2D eigenvalue weighted by Gasteiger charge is -2.12. The molecule has 0 radical (unpaired) electrons. The van der Waals surface area contributed by atoms with Gasteiger partial charge in [0.05, 0.1) is 22.5 Å². The summed E-state index contributed by atoms with van der Waals surface area (Å²) in [5.41, 5.74) is 7.90. The van der Waals surface area contributed by atoms with Crippen molar-refractivity contribution in [1.82, 2.24) is 15.0 Å². The van der Waals surface area contributed by atoms with Crippen LogP contribution in [0.25, 0.3) is 0 Å². The molecule has 3 rings (SSSR count). The van der Waals surface area contributed by atoms with Gasteiger partial charge in [-0.3, -0.25) is 4.98 Å². The third-order valence-corrected chi connectivity index (χ3v) is 3.79. The number of halogens is 1. The van der Waals surface area contributed by atoms with Crippen molar-refractivity contribution in [2.75, 3.05) is 18.2 Å². The number of rotatable bonds is 7. The fourth-order valence-corrected chi connectivity index (χ4v) is 2.44. The van der Waals surface area contributed by atoms with Crippen LogP contribution in [0.2, 0.25) is 5.02 Å². The number of nitrogens with zero attached hydrogens (tertiary/aromatic N) is 4. The second kappa shape index (κ2) is 8.81. The molecular formula is C18H17ClN6O2. The number of oxime groups is 1. The average molecular weight is 385 g/mol. The van der Waals surface area contributed by atoms with Crippen LogP contribution in [0.4, 0.5) is 17.3 Å². The Bertz CT molecular complexity index is 936. The topological polar surface area (TPSA) is 108 Å². The molecule has 3 N–H and O–H groups in total. The summed E-state index contributed by atoms with van der Waals surface area (Å²) in [6.45, 7) is 0.327. The molecule has 0 fully saturated rings. The van der Waals surface area contributed by atoms with Crippen LogP contribution in [0, 0.1) is 0 Å². The van der Waals surface area contributed by atoms with Gasteiger partial charge in [0, 0.05) is 11.9 Å². The van der Waals surface area contributed by atoms with Gasteiger partial charge >= 0.3 is 0 Å². The lowest BCUT2D eigenvalue weighted by molar-refractivity contribution is 0.215. The van der Waals surface area contributed by atoms with Gasteiger partial charge in [-0.05, 0) is 30.3 Å². The van der Waals surface area contributed by atoms with Crippen LogP contribution in [0.15, 0.2) is 54.1 Å². The molecule has 0 spiro atoms. The van der Waals surface area contributed by atoms with E-state index in [1.165, 1.54) is 19.7 Å². The smallest absolute Gasteiger partial charge is 0.144 e. The highest BCUT2D eigenvalue weighted by Crippen LogP contribution is 2.30. The number of benzene rings is 1. The molecule has 0 atom stereocenters. The molecule has 9 heteroatoms. The Balaban J connectivity index is 1.75. The van der Waals surface area contributed by atoms with Crippen LogP contribution < -0.4 is 15.8 Å². The Morgan fingerprint density at radius 1 is 1.22 bits per heavy atom. The first-order valence-electron chi connectivity index (χ1n) is 7.93. The van der Waals surface area contributed by atoms with Gasteiger partial charge in [0.25, 0.3) is 0 Å². The average Bonchev–Trinajstić information content (AvgIpc) is 2.68. The maximum absolute atomic E-state index is 6.33. The standard InChI is InChI=1S/C18H17ClN6O2/c1-26-24-9-14-17(20)22-11-23-18(14)25-12-5-6-16(15(19)8-12)27-10-13-4-2-3-7-21-13/h2-9,11H,10H2,1H3,(H3,20,22,23,25). The largest absolute Gasteiger partial charge is 0.486 e. The summed E-state index contributed by atoms with van der Waals surface area (Å²) in [4.78, 5) is 17.0. The Kier molecular flexibility index (Phi) is 6.01. The van der Waals surface area contributed by atoms with Gasteiger partial charge < -0.3 is 20.6 Å². The number of nitrogens with one attached hydrogen (secondary N) is 1. The molecule has 0 saturated heterocycles. The lowest BCUT2D eigenvalue weighted by atomic mass is 10.2. The predicted molar refractivity (Wildman–Crippen MR) is 104 cm³/mol. The van der Waals surface area contributed by atoms with E-state index < -0.39 is 0 Å². The molecule has 0 bridgehead atoms. The molecule has 0 unspecified atom stereocenters. The minimum absolute atomic E-state index is 0.273. The first kappa shape index (κ1) is 18.4. The van der Waals surface area contributed by atoms with E-state index in [0.717, 1.165) is 5.69 Å². The van der Waals surface area contributed by atoms with E-state index in [1.807, 2.05) is 24.3 Å². The van der Waals surface area contributed by atoms with E-state index >= 15 is 0 Å². The molecule has 0 aliphatic heterocycles. The molecule has 1 aromatic carbocycles. The molecular weight excluding hydrogens is 368 g/mol. The quantitative estimate of drug-likeness (QED) is 0.474. The minimum atomic E-state index is 0.273. The molecule has 2 heterocycles. The molecule has 0 aliphatic carbocycles. The Morgan fingerprint density at radius 2 is 2.11 bits per heavy atom. The molecule has 0 amide bonds. The van der Waals surface area contributed by atoms with Crippen molar-refractivity contribution in [3.8, 4) is 5.75 Å². The van der Waals surface area contributed by atoms with E-state index in [1.54, 1.807) is 18.3 Å². The van der Waals surface area contributed by atoms with Crippen LogP contribution >= 0.6 is 11.6 Å². The van der Waals surface area contributed by atoms with Crippen LogP contribution in [0.5, 0.6) is 5.75 Å². The van der Waals surface area contributed by atoms with Gasteiger partial charge in [0.1, 0.15) is 37.4 Å². The summed E-state index contributed by atoms with van der Waals surface area (Å²) < 4.78 is 5.72. The first-order chi connectivity index (χ1) is 13.2. The van der Waals surface area contributed by atoms with Crippen molar-refractivity contribution in [2.24, 2.45) is 5.16 Å². The highest BCUT2D eigenvalue weighted by Gasteiger charge is 2.10. The van der Waals surface area contributed by atoms with Crippen LogP contribution in [0.1, 0.15) is 11.3 Å². The first-order valence-corrected chi connectivity index (χ1v) is 8.31. The minimum Gasteiger partial charge on any atom is -0.486 e. The van der Waals surface area contributed by atoms with Crippen LogP contribution in [0.3, 0.4) is 0 Å². The molecule has 138 valence electrons. The SMILES string of the molecule is CON=Cc1c(N)ncnc1Nc1ccc(OCc2ccccn2)c(Cl)c1. The number of hydrogen-bond acceptors (Lipinski definition) is 8. The van der Waals surface area contributed by atoms with Gasteiger partial charge in [0.15, 0.2) is 0 Å². The molecule has 0 aliphatic rings. The summed E-state index contributed by atoms with van der Waals surface area (Å²) >= 11 is 6.33. The van der Waals surface area contributed by atoms with Crippen LogP contribution in [-0.4, -0.2) is 28.3 Å². The fraction of sp³-hybridized carbons (Fsp3) is 0.111. The molecule has 3 aromatic rings. The summed E-state index contributed by atoms with van der Waals surface area (Å²) in [7, 11) is 1.44. The Labute approximate surface area is 161 Å². The summed E-state index contributed by atoms with van der Waals surface area (Å²) in [6.07, 6.45) is 4.50. The zero-order chi connectivity index (χ0) is 19.1. The van der Waals surface area contributed by atoms with E-state index in [4.69, 9.17) is 26.9 Å². The van der Waals surface area contributed by atoms with E-state index in [9.17, 15) is 0 Å². The second-order valence-electron chi connectivity index (χ2n) is 5.32. The predicted octanol–water partition coefficient (Wildman–Crippen LogP) is 3.41. The van der Waals surface area contributed by atoms with Crippen molar-refractivity contribution in [1.29, 1.82) is 0 Å². The number of pyridine rings is 1. The van der Waals surface area contributed by atoms with Crippen molar-refractivity contribution in [3.05, 3.63) is 65.2 Å². The van der Waals surface area contributed by atoms with Crippen molar-refractivity contribution in [3.63, 3.8) is 0 Å². The number of hydrogen-bond donors (Lipinski definition) is 2.